The predicted molar refractivity (Wildman–Crippen MR) is 58.2 cm³/mol. The fourth-order valence-corrected chi connectivity index (χ4v) is 1.50. The second-order valence-corrected chi connectivity index (χ2v) is 4.75. The van der Waals surface area contributed by atoms with E-state index in [1.165, 1.54) is 4.90 Å². The fourth-order valence-electron chi connectivity index (χ4n) is 1.50. The minimum absolute atomic E-state index is 0.258. The number of hydrogen-bond donors (Lipinski definition) is 1. The first-order chi connectivity index (χ1) is 7.35. The number of carbonyl (C=O) groups is 2. The second-order valence-electron chi connectivity index (χ2n) is 4.75. The van der Waals surface area contributed by atoms with Crippen LogP contribution >= 0.6 is 0 Å². The molecule has 0 spiro atoms. The molecule has 1 rings (SSSR count). The molecule has 16 heavy (non-hydrogen) atoms. The standard InChI is InChI=1S/C11H19NO4/c1-4-11(2,3)16-10(15)12-6-5-8(7-12)9(13)14/h8H,4-7H2,1-3H3,(H,13,14). The van der Waals surface area contributed by atoms with Crippen molar-refractivity contribution in [3.8, 4) is 0 Å². The molecule has 1 heterocycles. The monoisotopic (exact) mass is 229 g/mol. The third-order valence-electron chi connectivity index (χ3n) is 3.01. The molecule has 1 N–H and O–H groups in total. The lowest BCUT2D eigenvalue weighted by molar-refractivity contribution is -0.141. The van der Waals surface area contributed by atoms with Crippen molar-refractivity contribution >= 4 is 12.1 Å². The quantitative estimate of drug-likeness (QED) is 0.800. The lowest BCUT2D eigenvalue weighted by Crippen LogP contribution is -2.37. The highest BCUT2D eigenvalue weighted by atomic mass is 16.6. The Morgan fingerprint density at radius 1 is 1.50 bits per heavy atom. The number of nitrogens with zero attached hydrogens (tertiary/aromatic N) is 1. The van der Waals surface area contributed by atoms with E-state index < -0.39 is 23.6 Å². The van der Waals surface area contributed by atoms with Crippen LogP contribution < -0.4 is 0 Å². The topological polar surface area (TPSA) is 66.8 Å². The van der Waals surface area contributed by atoms with Gasteiger partial charge in [0.15, 0.2) is 0 Å². The molecule has 1 aliphatic heterocycles. The lowest BCUT2D eigenvalue weighted by atomic mass is 10.1. The first-order valence-electron chi connectivity index (χ1n) is 5.56. The zero-order chi connectivity index (χ0) is 12.3. The SMILES string of the molecule is CCC(C)(C)OC(=O)N1CCC(C(=O)O)C1. The van der Waals surface area contributed by atoms with Crippen LogP contribution in [0, 0.1) is 5.92 Å². The number of aliphatic carboxylic acids is 1. The summed E-state index contributed by atoms with van der Waals surface area (Å²) in [6.07, 6.45) is 0.835. The number of hydrogen-bond acceptors (Lipinski definition) is 3. The number of likely N-dealkylation sites (tertiary alicyclic amines) is 1. The van der Waals surface area contributed by atoms with Gasteiger partial charge in [0.05, 0.1) is 5.92 Å². The summed E-state index contributed by atoms with van der Waals surface area (Å²) in [6, 6.07) is 0. The normalized spacial score (nSPS) is 20.9. The molecule has 5 nitrogen and oxygen atoms in total. The lowest BCUT2D eigenvalue weighted by Gasteiger charge is -2.26. The van der Waals surface area contributed by atoms with Gasteiger partial charge in [0.1, 0.15) is 5.60 Å². The molecule has 92 valence electrons. The van der Waals surface area contributed by atoms with Crippen molar-refractivity contribution in [3.05, 3.63) is 0 Å². The maximum atomic E-state index is 11.7. The van der Waals surface area contributed by atoms with Gasteiger partial charge in [-0.15, -0.1) is 0 Å². The average molecular weight is 229 g/mol. The number of carbonyl (C=O) groups excluding carboxylic acids is 1. The molecular formula is C11H19NO4. The Hall–Kier alpha value is -1.26. The van der Waals surface area contributed by atoms with Gasteiger partial charge in [0.25, 0.3) is 0 Å². The average Bonchev–Trinajstić information content (AvgIpc) is 2.66. The molecule has 1 aliphatic rings. The molecule has 1 saturated heterocycles. The molecule has 1 atom stereocenters. The summed E-state index contributed by atoms with van der Waals surface area (Å²) in [5.41, 5.74) is -0.488. The molecule has 0 aliphatic carbocycles. The maximum absolute atomic E-state index is 11.7. The molecule has 0 radical (unpaired) electrons. The fraction of sp³-hybridized carbons (Fsp3) is 0.818. The maximum Gasteiger partial charge on any atom is 0.410 e. The number of carboxylic acids is 1. The second kappa shape index (κ2) is 4.72. The first-order valence-corrected chi connectivity index (χ1v) is 5.56. The molecule has 0 aromatic rings. The number of rotatable bonds is 3. The Balaban J connectivity index is 2.48. The molecule has 0 bridgehead atoms. The van der Waals surface area contributed by atoms with Gasteiger partial charge in [-0.1, -0.05) is 6.92 Å². The van der Waals surface area contributed by atoms with Crippen molar-refractivity contribution in [2.45, 2.75) is 39.2 Å². The molecular weight excluding hydrogens is 210 g/mol. The Morgan fingerprint density at radius 3 is 2.56 bits per heavy atom. The van der Waals surface area contributed by atoms with Crippen molar-refractivity contribution in [2.75, 3.05) is 13.1 Å². The van der Waals surface area contributed by atoms with E-state index >= 15 is 0 Å². The number of carboxylic acid groups (broad SMARTS) is 1. The summed E-state index contributed by atoms with van der Waals surface area (Å²) in [7, 11) is 0. The largest absolute Gasteiger partial charge is 0.481 e. The van der Waals surface area contributed by atoms with Gasteiger partial charge in [-0.25, -0.2) is 4.79 Å². The highest BCUT2D eigenvalue weighted by molar-refractivity contribution is 5.74. The summed E-state index contributed by atoms with van der Waals surface area (Å²) >= 11 is 0. The minimum atomic E-state index is -0.843. The van der Waals surface area contributed by atoms with Gasteiger partial charge in [-0.3, -0.25) is 4.79 Å². The molecule has 0 aromatic heterocycles. The summed E-state index contributed by atoms with van der Waals surface area (Å²) in [5, 5.41) is 8.81. The van der Waals surface area contributed by atoms with E-state index in [0.717, 1.165) is 6.42 Å². The van der Waals surface area contributed by atoms with Gasteiger partial charge < -0.3 is 14.7 Å². The van der Waals surface area contributed by atoms with Crippen LogP contribution in [0.4, 0.5) is 4.79 Å². The van der Waals surface area contributed by atoms with Crippen LogP contribution in [0.5, 0.6) is 0 Å². The Labute approximate surface area is 95.4 Å². The van der Waals surface area contributed by atoms with E-state index in [1.807, 2.05) is 20.8 Å². The molecule has 5 heteroatoms. The first kappa shape index (κ1) is 12.8. The van der Waals surface area contributed by atoms with Crippen LogP contribution in [0.3, 0.4) is 0 Å². The van der Waals surface area contributed by atoms with E-state index in [9.17, 15) is 9.59 Å². The summed E-state index contributed by atoms with van der Waals surface area (Å²) < 4.78 is 5.29. The molecule has 1 fully saturated rings. The molecule has 0 aromatic carbocycles. The predicted octanol–water partition coefficient (Wildman–Crippen LogP) is 1.72. The van der Waals surface area contributed by atoms with E-state index in [2.05, 4.69) is 0 Å². The van der Waals surface area contributed by atoms with Gasteiger partial charge in [-0.2, -0.15) is 0 Å². The zero-order valence-electron chi connectivity index (χ0n) is 10.0. The van der Waals surface area contributed by atoms with Crippen molar-refractivity contribution < 1.29 is 19.4 Å². The third kappa shape index (κ3) is 3.12. The van der Waals surface area contributed by atoms with Gasteiger partial charge in [0.2, 0.25) is 0 Å². The van der Waals surface area contributed by atoms with E-state index in [1.54, 1.807) is 0 Å². The van der Waals surface area contributed by atoms with E-state index in [0.29, 0.717) is 13.0 Å². The Kier molecular flexibility index (Phi) is 3.78. The summed E-state index contributed by atoms with van der Waals surface area (Å²) in [6.45, 7) is 6.35. The highest BCUT2D eigenvalue weighted by Gasteiger charge is 2.33. The molecule has 1 amide bonds. The van der Waals surface area contributed by atoms with Crippen LogP contribution in [-0.4, -0.2) is 40.8 Å². The number of amides is 1. The van der Waals surface area contributed by atoms with Crippen molar-refractivity contribution in [1.82, 2.24) is 4.90 Å². The van der Waals surface area contributed by atoms with Gasteiger partial charge in [0, 0.05) is 13.1 Å². The Bertz CT molecular complexity index is 288. The molecule has 1 unspecified atom stereocenters. The molecule has 0 saturated carbocycles. The van der Waals surface area contributed by atoms with Crippen molar-refractivity contribution in [3.63, 3.8) is 0 Å². The van der Waals surface area contributed by atoms with Crippen molar-refractivity contribution in [2.24, 2.45) is 5.92 Å². The minimum Gasteiger partial charge on any atom is -0.481 e. The summed E-state index contributed by atoms with van der Waals surface area (Å²) in [4.78, 5) is 23.9. The van der Waals surface area contributed by atoms with Gasteiger partial charge >= 0.3 is 12.1 Å². The van der Waals surface area contributed by atoms with E-state index in [-0.39, 0.29) is 6.54 Å². The third-order valence-corrected chi connectivity index (χ3v) is 3.01. The highest BCUT2D eigenvalue weighted by Crippen LogP contribution is 2.21. The summed E-state index contributed by atoms with van der Waals surface area (Å²) in [5.74, 6) is -1.29. The smallest absolute Gasteiger partial charge is 0.410 e. The van der Waals surface area contributed by atoms with Crippen LogP contribution in [-0.2, 0) is 9.53 Å². The van der Waals surface area contributed by atoms with Crippen LogP contribution in [0.1, 0.15) is 33.6 Å². The van der Waals surface area contributed by atoms with Crippen LogP contribution in [0.25, 0.3) is 0 Å². The number of ether oxygens (including phenoxy) is 1. The van der Waals surface area contributed by atoms with Crippen molar-refractivity contribution in [1.29, 1.82) is 0 Å². The van der Waals surface area contributed by atoms with E-state index in [4.69, 9.17) is 9.84 Å². The van der Waals surface area contributed by atoms with Crippen LogP contribution in [0.15, 0.2) is 0 Å². The zero-order valence-corrected chi connectivity index (χ0v) is 10.0. The Morgan fingerprint density at radius 2 is 2.12 bits per heavy atom. The van der Waals surface area contributed by atoms with Gasteiger partial charge in [-0.05, 0) is 26.7 Å². The van der Waals surface area contributed by atoms with Crippen LogP contribution in [0.2, 0.25) is 0 Å².